The van der Waals surface area contributed by atoms with Crippen LogP contribution in [-0.2, 0) is 11.3 Å². The third kappa shape index (κ3) is 2.87. The van der Waals surface area contributed by atoms with Crippen LogP contribution in [0.3, 0.4) is 0 Å². The molecular weight excluding hydrogens is 264 g/mol. The van der Waals surface area contributed by atoms with E-state index in [-0.39, 0.29) is 5.60 Å². The van der Waals surface area contributed by atoms with E-state index in [2.05, 4.69) is 23.5 Å². The monoisotopic (exact) mass is 286 g/mol. The van der Waals surface area contributed by atoms with Crippen LogP contribution in [0, 0.1) is 0 Å². The van der Waals surface area contributed by atoms with Crippen LogP contribution < -0.4 is 10.1 Å². The number of methoxy groups -OCH3 is 2. The molecule has 1 aromatic carbocycles. The van der Waals surface area contributed by atoms with Gasteiger partial charge in [-0.15, -0.1) is 0 Å². The average Bonchev–Trinajstić information content (AvgIpc) is 2.49. The maximum Gasteiger partial charge on any atom is 0.145 e. The van der Waals surface area contributed by atoms with E-state index in [4.69, 9.17) is 14.5 Å². The molecule has 0 amide bonds. The van der Waals surface area contributed by atoms with Gasteiger partial charge in [-0.3, -0.25) is 0 Å². The van der Waals surface area contributed by atoms with Crippen molar-refractivity contribution >= 4 is 10.9 Å². The normalized spacial score (nSPS) is 16.7. The van der Waals surface area contributed by atoms with Crippen molar-refractivity contribution in [2.45, 2.75) is 31.4 Å². The number of para-hydroxylation sites is 1. The highest BCUT2D eigenvalue weighted by Crippen LogP contribution is 2.34. The van der Waals surface area contributed by atoms with Gasteiger partial charge in [-0.25, -0.2) is 4.98 Å². The Morgan fingerprint density at radius 2 is 2.05 bits per heavy atom. The van der Waals surface area contributed by atoms with E-state index in [1.54, 1.807) is 14.2 Å². The van der Waals surface area contributed by atoms with Crippen LogP contribution in [0.5, 0.6) is 5.75 Å². The molecule has 1 aliphatic carbocycles. The van der Waals surface area contributed by atoms with Crippen LogP contribution in [0.1, 0.15) is 25.0 Å². The quantitative estimate of drug-likeness (QED) is 0.886. The molecule has 1 heterocycles. The summed E-state index contributed by atoms with van der Waals surface area (Å²) in [7, 11) is 3.49. The summed E-state index contributed by atoms with van der Waals surface area (Å²) in [6.07, 6.45) is 3.56. The molecule has 112 valence electrons. The number of aromatic nitrogens is 1. The fourth-order valence-corrected chi connectivity index (χ4v) is 2.87. The Morgan fingerprint density at radius 1 is 1.19 bits per heavy atom. The fraction of sp³-hybridized carbons (Fsp3) is 0.471. The number of benzene rings is 1. The summed E-state index contributed by atoms with van der Waals surface area (Å²) in [5.41, 5.74) is 2.00. The Bertz CT molecular complexity index is 618. The zero-order chi connectivity index (χ0) is 14.7. The van der Waals surface area contributed by atoms with E-state index in [1.807, 2.05) is 12.1 Å². The van der Waals surface area contributed by atoms with Crippen molar-refractivity contribution in [3.8, 4) is 5.75 Å². The topological polar surface area (TPSA) is 43.4 Å². The highest BCUT2D eigenvalue weighted by atomic mass is 16.5. The molecule has 0 saturated heterocycles. The zero-order valence-electron chi connectivity index (χ0n) is 12.7. The first-order chi connectivity index (χ1) is 10.3. The Labute approximate surface area is 125 Å². The first-order valence-corrected chi connectivity index (χ1v) is 7.45. The number of ether oxygens (including phenoxy) is 2. The molecule has 0 atom stereocenters. The molecule has 1 fully saturated rings. The fourth-order valence-electron chi connectivity index (χ4n) is 2.87. The third-order valence-corrected chi connectivity index (χ3v) is 4.41. The summed E-state index contributed by atoms with van der Waals surface area (Å²) in [5, 5.41) is 4.57. The summed E-state index contributed by atoms with van der Waals surface area (Å²) in [4.78, 5) is 4.71. The van der Waals surface area contributed by atoms with Gasteiger partial charge in [0.2, 0.25) is 0 Å². The Hall–Kier alpha value is -1.65. The van der Waals surface area contributed by atoms with Crippen LogP contribution in [-0.4, -0.2) is 31.3 Å². The molecule has 4 nitrogen and oxygen atoms in total. The lowest BCUT2D eigenvalue weighted by Crippen LogP contribution is -2.47. The number of rotatable bonds is 6. The van der Waals surface area contributed by atoms with Gasteiger partial charge >= 0.3 is 0 Å². The van der Waals surface area contributed by atoms with Crippen molar-refractivity contribution in [1.82, 2.24) is 10.3 Å². The second kappa shape index (κ2) is 6.00. The molecule has 3 rings (SSSR count). The van der Waals surface area contributed by atoms with E-state index in [0.717, 1.165) is 48.3 Å². The zero-order valence-corrected chi connectivity index (χ0v) is 12.7. The van der Waals surface area contributed by atoms with Gasteiger partial charge in [0.1, 0.15) is 11.3 Å². The lowest BCUT2D eigenvalue weighted by Gasteiger charge is -2.40. The van der Waals surface area contributed by atoms with Gasteiger partial charge in [0.15, 0.2) is 0 Å². The molecule has 1 saturated carbocycles. The maximum atomic E-state index is 5.62. The molecule has 0 aliphatic heterocycles. The van der Waals surface area contributed by atoms with Crippen molar-refractivity contribution in [2.75, 3.05) is 20.8 Å². The van der Waals surface area contributed by atoms with Gasteiger partial charge < -0.3 is 14.8 Å². The van der Waals surface area contributed by atoms with E-state index in [0.29, 0.717) is 0 Å². The minimum atomic E-state index is 0.0501. The lowest BCUT2D eigenvalue weighted by molar-refractivity contribution is -0.0695. The number of hydrogen-bond donors (Lipinski definition) is 1. The molecule has 0 spiro atoms. The Morgan fingerprint density at radius 3 is 2.71 bits per heavy atom. The number of fused-ring (bicyclic) bond motifs is 1. The summed E-state index contributed by atoms with van der Waals surface area (Å²) in [5.74, 6) is 0.821. The SMILES string of the molecule is COc1cccc2ccc(CNCC3(OC)CCC3)nc12. The van der Waals surface area contributed by atoms with Crippen molar-refractivity contribution in [3.63, 3.8) is 0 Å². The minimum Gasteiger partial charge on any atom is -0.494 e. The maximum absolute atomic E-state index is 5.62. The van der Waals surface area contributed by atoms with Crippen LogP contribution >= 0.6 is 0 Å². The predicted octanol–water partition coefficient (Wildman–Crippen LogP) is 2.90. The van der Waals surface area contributed by atoms with E-state index in [9.17, 15) is 0 Å². The van der Waals surface area contributed by atoms with Gasteiger partial charge in [0.25, 0.3) is 0 Å². The number of pyridine rings is 1. The molecule has 0 unspecified atom stereocenters. The van der Waals surface area contributed by atoms with Crippen molar-refractivity contribution in [3.05, 3.63) is 36.0 Å². The molecule has 1 N–H and O–H groups in total. The minimum absolute atomic E-state index is 0.0501. The van der Waals surface area contributed by atoms with Gasteiger partial charge in [0, 0.05) is 25.6 Å². The molecule has 0 radical (unpaired) electrons. The largest absolute Gasteiger partial charge is 0.494 e. The number of hydrogen-bond acceptors (Lipinski definition) is 4. The van der Waals surface area contributed by atoms with Crippen LogP contribution in [0.25, 0.3) is 10.9 Å². The Balaban J connectivity index is 1.69. The molecule has 4 heteroatoms. The van der Waals surface area contributed by atoms with Crippen molar-refractivity contribution < 1.29 is 9.47 Å². The van der Waals surface area contributed by atoms with Crippen molar-refractivity contribution in [2.24, 2.45) is 0 Å². The molecule has 1 aromatic heterocycles. The van der Waals surface area contributed by atoms with Gasteiger partial charge in [0.05, 0.1) is 18.4 Å². The average molecular weight is 286 g/mol. The third-order valence-electron chi connectivity index (χ3n) is 4.41. The number of nitrogens with zero attached hydrogens (tertiary/aromatic N) is 1. The standard InChI is InChI=1S/C17H22N2O2/c1-20-15-6-3-5-13-7-8-14(19-16(13)15)11-18-12-17(21-2)9-4-10-17/h3,5-8,18H,4,9-12H2,1-2H3. The first kappa shape index (κ1) is 14.3. The summed E-state index contributed by atoms with van der Waals surface area (Å²) >= 11 is 0. The smallest absolute Gasteiger partial charge is 0.145 e. The lowest BCUT2D eigenvalue weighted by atomic mass is 9.80. The van der Waals surface area contributed by atoms with E-state index >= 15 is 0 Å². The first-order valence-electron chi connectivity index (χ1n) is 7.45. The predicted molar refractivity (Wildman–Crippen MR) is 83.6 cm³/mol. The molecule has 1 aliphatic rings. The van der Waals surface area contributed by atoms with Gasteiger partial charge in [-0.1, -0.05) is 18.2 Å². The molecule has 2 aromatic rings. The highest BCUT2D eigenvalue weighted by molar-refractivity contribution is 5.84. The van der Waals surface area contributed by atoms with Crippen LogP contribution in [0.2, 0.25) is 0 Å². The Kier molecular flexibility index (Phi) is 4.08. The van der Waals surface area contributed by atoms with Crippen LogP contribution in [0.15, 0.2) is 30.3 Å². The number of nitrogens with one attached hydrogen (secondary N) is 1. The van der Waals surface area contributed by atoms with E-state index in [1.165, 1.54) is 6.42 Å². The molecule has 21 heavy (non-hydrogen) atoms. The van der Waals surface area contributed by atoms with Crippen molar-refractivity contribution in [1.29, 1.82) is 0 Å². The summed E-state index contributed by atoms with van der Waals surface area (Å²) < 4.78 is 11.0. The summed E-state index contributed by atoms with van der Waals surface area (Å²) in [6, 6.07) is 10.1. The second-order valence-corrected chi connectivity index (χ2v) is 5.68. The highest BCUT2D eigenvalue weighted by Gasteiger charge is 2.36. The molecule has 0 bridgehead atoms. The summed E-state index contributed by atoms with van der Waals surface area (Å²) in [6.45, 7) is 1.63. The molecular formula is C17H22N2O2. The van der Waals surface area contributed by atoms with Crippen LogP contribution in [0.4, 0.5) is 0 Å². The van der Waals surface area contributed by atoms with Gasteiger partial charge in [-0.05, 0) is 31.4 Å². The van der Waals surface area contributed by atoms with E-state index < -0.39 is 0 Å². The van der Waals surface area contributed by atoms with Gasteiger partial charge in [-0.2, -0.15) is 0 Å². The second-order valence-electron chi connectivity index (χ2n) is 5.68.